The third-order valence-corrected chi connectivity index (χ3v) is 3.10. The van der Waals surface area contributed by atoms with E-state index in [1.165, 1.54) is 0 Å². The van der Waals surface area contributed by atoms with E-state index in [2.05, 4.69) is 4.98 Å². The van der Waals surface area contributed by atoms with Gasteiger partial charge in [-0.3, -0.25) is 9.78 Å². The van der Waals surface area contributed by atoms with E-state index in [1.807, 2.05) is 42.5 Å². The third-order valence-electron chi connectivity index (χ3n) is 3.10. The van der Waals surface area contributed by atoms with Gasteiger partial charge >= 0.3 is 5.97 Å². The van der Waals surface area contributed by atoms with Crippen molar-refractivity contribution >= 4 is 5.97 Å². The molecule has 0 fully saturated rings. The number of hydrogen-bond donors (Lipinski definition) is 1. The Bertz CT molecular complexity index is 602. The van der Waals surface area contributed by atoms with Gasteiger partial charge in [0.25, 0.3) is 0 Å². The molecule has 2 N–H and O–H groups in total. The first-order valence-corrected chi connectivity index (χ1v) is 7.23. The molecule has 1 aromatic carbocycles. The SMILES string of the molecule is CCOC(=O)C(N)Cc1ccccc1OCc1ccccn1. The molecule has 0 bridgehead atoms. The van der Waals surface area contributed by atoms with Gasteiger partial charge in [0.2, 0.25) is 0 Å². The summed E-state index contributed by atoms with van der Waals surface area (Å²) in [7, 11) is 0. The predicted molar refractivity (Wildman–Crippen MR) is 83.3 cm³/mol. The molecular formula is C17H20N2O3. The number of carbonyl (C=O) groups excluding carboxylic acids is 1. The molecule has 5 nitrogen and oxygen atoms in total. The van der Waals surface area contributed by atoms with Gasteiger partial charge in [0.05, 0.1) is 12.3 Å². The van der Waals surface area contributed by atoms with Crippen LogP contribution in [0.25, 0.3) is 0 Å². The van der Waals surface area contributed by atoms with Crippen molar-refractivity contribution in [2.75, 3.05) is 6.61 Å². The maximum absolute atomic E-state index is 11.6. The number of aromatic nitrogens is 1. The van der Waals surface area contributed by atoms with Crippen LogP contribution in [0.15, 0.2) is 48.7 Å². The van der Waals surface area contributed by atoms with E-state index in [4.69, 9.17) is 15.2 Å². The number of pyridine rings is 1. The van der Waals surface area contributed by atoms with Crippen molar-refractivity contribution in [2.24, 2.45) is 5.73 Å². The zero-order valence-electron chi connectivity index (χ0n) is 12.6. The Balaban J connectivity index is 2.02. The highest BCUT2D eigenvalue weighted by Gasteiger charge is 2.17. The van der Waals surface area contributed by atoms with Gasteiger partial charge in [0.1, 0.15) is 18.4 Å². The van der Waals surface area contributed by atoms with E-state index in [0.717, 1.165) is 11.3 Å². The maximum Gasteiger partial charge on any atom is 0.323 e. The molecule has 0 spiro atoms. The lowest BCUT2D eigenvalue weighted by Crippen LogP contribution is -2.34. The lowest BCUT2D eigenvalue weighted by Gasteiger charge is -2.14. The van der Waals surface area contributed by atoms with E-state index in [9.17, 15) is 4.79 Å². The van der Waals surface area contributed by atoms with Crippen molar-refractivity contribution in [1.82, 2.24) is 4.98 Å². The van der Waals surface area contributed by atoms with Crippen molar-refractivity contribution in [3.63, 3.8) is 0 Å². The fraction of sp³-hybridized carbons (Fsp3) is 0.294. The Kier molecular flexibility index (Phi) is 5.91. The Labute approximate surface area is 130 Å². The molecule has 0 aliphatic heterocycles. The van der Waals surface area contributed by atoms with Crippen molar-refractivity contribution in [2.45, 2.75) is 26.0 Å². The maximum atomic E-state index is 11.6. The highest BCUT2D eigenvalue weighted by molar-refractivity contribution is 5.76. The van der Waals surface area contributed by atoms with Gasteiger partial charge in [0.15, 0.2) is 0 Å². The summed E-state index contributed by atoms with van der Waals surface area (Å²) in [4.78, 5) is 15.9. The molecule has 0 amide bonds. The standard InChI is InChI=1S/C17H20N2O3/c1-2-21-17(20)15(18)11-13-7-3-4-9-16(13)22-12-14-8-5-6-10-19-14/h3-10,15H,2,11-12,18H2,1H3. The Morgan fingerprint density at radius 3 is 2.73 bits per heavy atom. The first-order valence-electron chi connectivity index (χ1n) is 7.23. The van der Waals surface area contributed by atoms with E-state index < -0.39 is 12.0 Å². The van der Waals surface area contributed by atoms with E-state index in [1.54, 1.807) is 13.1 Å². The summed E-state index contributed by atoms with van der Waals surface area (Å²) in [5, 5.41) is 0. The molecule has 2 aromatic rings. The predicted octanol–water partition coefficient (Wildman–Crippen LogP) is 2.09. The number of carbonyl (C=O) groups is 1. The van der Waals surface area contributed by atoms with Gasteiger partial charge in [-0.05, 0) is 30.7 Å². The second kappa shape index (κ2) is 8.14. The fourth-order valence-electron chi connectivity index (χ4n) is 2.02. The Morgan fingerprint density at radius 2 is 2.00 bits per heavy atom. The zero-order chi connectivity index (χ0) is 15.8. The second-order valence-electron chi connectivity index (χ2n) is 4.78. The lowest BCUT2D eigenvalue weighted by molar-refractivity contribution is -0.144. The summed E-state index contributed by atoms with van der Waals surface area (Å²) >= 11 is 0. The first-order chi connectivity index (χ1) is 10.7. The number of nitrogens with two attached hydrogens (primary N) is 1. The molecule has 22 heavy (non-hydrogen) atoms. The molecule has 2 rings (SSSR count). The van der Waals surface area contributed by atoms with Crippen LogP contribution in [-0.2, 0) is 22.6 Å². The summed E-state index contributed by atoms with van der Waals surface area (Å²) in [5.41, 5.74) is 7.58. The fourth-order valence-corrected chi connectivity index (χ4v) is 2.02. The number of rotatable bonds is 7. The van der Waals surface area contributed by atoms with Crippen molar-refractivity contribution in [1.29, 1.82) is 0 Å². The topological polar surface area (TPSA) is 74.4 Å². The first kappa shape index (κ1) is 16.0. The molecule has 116 valence electrons. The van der Waals surface area contributed by atoms with Crippen molar-refractivity contribution in [3.8, 4) is 5.75 Å². The summed E-state index contributed by atoms with van der Waals surface area (Å²) in [6, 6.07) is 12.5. The quantitative estimate of drug-likeness (QED) is 0.793. The van der Waals surface area contributed by atoms with Gasteiger partial charge in [-0.2, -0.15) is 0 Å². The molecule has 1 heterocycles. The van der Waals surface area contributed by atoms with Crippen LogP contribution in [-0.4, -0.2) is 23.6 Å². The zero-order valence-corrected chi connectivity index (χ0v) is 12.6. The average Bonchev–Trinajstić information content (AvgIpc) is 2.55. The summed E-state index contributed by atoms with van der Waals surface area (Å²) < 4.78 is 10.7. The van der Waals surface area contributed by atoms with Crippen LogP contribution < -0.4 is 10.5 Å². The smallest absolute Gasteiger partial charge is 0.323 e. The Morgan fingerprint density at radius 1 is 1.23 bits per heavy atom. The molecule has 0 saturated heterocycles. The van der Waals surface area contributed by atoms with E-state index in [-0.39, 0.29) is 0 Å². The van der Waals surface area contributed by atoms with Crippen molar-refractivity contribution in [3.05, 3.63) is 59.9 Å². The number of para-hydroxylation sites is 1. The largest absolute Gasteiger partial charge is 0.487 e. The molecule has 0 saturated carbocycles. The van der Waals surface area contributed by atoms with Gasteiger partial charge in [-0.25, -0.2) is 0 Å². The number of hydrogen-bond acceptors (Lipinski definition) is 5. The second-order valence-corrected chi connectivity index (χ2v) is 4.78. The minimum absolute atomic E-state index is 0.324. The van der Waals surface area contributed by atoms with Crippen LogP contribution in [0.3, 0.4) is 0 Å². The van der Waals surface area contributed by atoms with Crippen LogP contribution in [0.5, 0.6) is 5.75 Å². The number of ether oxygens (including phenoxy) is 2. The molecular weight excluding hydrogens is 280 g/mol. The van der Waals surface area contributed by atoms with Crippen LogP contribution in [0.4, 0.5) is 0 Å². The third kappa shape index (κ3) is 4.56. The minimum Gasteiger partial charge on any atom is -0.487 e. The molecule has 1 aromatic heterocycles. The monoisotopic (exact) mass is 300 g/mol. The van der Waals surface area contributed by atoms with E-state index >= 15 is 0 Å². The molecule has 0 aliphatic carbocycles. The van der Waals surface area contributed by atoms with Crippen LogP contribution in [0.2, 0.25) is 0 Å². The van der Waals surface area contributed by atoms with Crippen LogP contribution >= 0.6 is 0 Å². The number of nitrogens with zero attached hydrogens (tertiary/aromatic N) is 1. The Hall–Kier alpha value is -2.40. The molecule has 1 atom stereocenters. The van der Waals surface area contributed by atoms with E-state index in [0.29, 0.717) is 25.4 Å². The molecule has 1 unspecified atom stereocenters. The van der Waals surface area contributed by atoms with Crippen LogP contribution in [0, 0.1) is 0 Å². The highest BCUT2D eigenvalue weighted by atomic mass is 16.5. The summed E-state index contributed by atoms with van der Waals surface area (Å²) in [5.74, 6) is 0.301. The van der Waals surface area contributed by atoms with Crippen molar-refractivity contribution < 1.29 is 14.3 Å². The van der Waals surface area contributed by atoms with Gasteiger partial charge in [0, 0.05) is 12.6 Å². The van der Waals surface area contributed by atoms with Crippen LogP contribution in [0.1, 0.15) is 18.2 Å². The van der Waals surface area contributed by atoms with Gasteiger partial charge in [-0.15, -0.1) is 0 Å². The minimum atomic E-state index is -0.695. The number of esters is 1. The molecule has 0 radical (unpaired) electrons. The molecule has 0 aliphatic rings. The molecule has 5 heteroatoms. The highest BCUT2D eigenvalue weighted by Crippen LogP contribution is 2.20. The van der Waals surface area contributed by atoms with Gasteiger partial charge < -0.3 is 15.2 Å². The summed E-state index contributed by atoms with van der Waals surface area (Å²) in [6.45, 7) is 2.45. The normalized spacial score (nSPS) is 11.7. The number of benzene rings is 1. The average molecular weight is 300 g/mol. The van der Waals surface area contributed by atoms with Gasteiger partial charge in [-0.1, -0.05) is 24.3 Å². The lowest BCUT2D eigenvalue weighted by atomic mass is 10.1. The summed E-state index contributed by atoms with van der Waals surface area (Å²) in [6.07, 6.45) is 2.10.